The van der Waals surface area contributed by atoms with Crippen molar-refractivity contribution in [2.75, 3.05) is 12.4 Å². The normalized spacial score (nSPS) is 16.2. The maximum Gasteiger partial charge on any atom is 0.248 e. The average Bonchev–Trinajstić information content (AvgIpc) is 3.29. The number of carbonyl (C=O) groups is 1. The third kappa shape index (κ3) is 2.52. The summed E-state index contributed by atoms with van der Waals surface area (Å²) in [4.78, 5) is 16.6. The Morgan fingerprint density at radius 2 is 2.08 bits per heavy atom. The van der Waals surface area contributed by atoms with E-state index in [4.69, 9.17) is 14.9 Å². The molecule has 8 heteroatoms. The largest absolute Gasteiger partial charge is 0.497 e. The molecular weight excluding hydrogens is 334 g/mol. The Kier molecular flexibility index (Phi) is 3.72. The van der Waals surface area contributed by atoms with Crippen molar-refractivity contribution in [1.29, 1.82) is 0 Å². The van der Waals surface area contributed by atoms with E-state index >= 15 is 0 Å². The molecule has 4 rings (SSSR count). The van der Waals surface area contributed by atoms with Crippen LogP contribution in [0, 0.1) is 0 Å². The second-order valence-corrected chi connectivity index (χ2v) is 5.88. The first kappa shape index (κ1) is 15.9. The van der Waals surface area contributed by atoms with Crippen molar-refractivity contribution in [2.45, 2.75) is 13.0 Å². The summed E-state index contributed by atoms with van der Waals surface area (Å²) in [6, 6.07) is 10.5. The molecule has 3 aromatic rings. The molecule has 0 radical (unpaired) electrons. The summed E-state index contributed by atoms with van der Waals surface area (Å²) < 4.78 is 12.2. The van der Waals surface area contributed by atoms with Gasteiger partial charge in [-0.05, 0) is 36.8 Å². The number of aromatic nitrogens is 3. The SMILES string of the molecule is COc1ccc(C2C(C(N)=O)=C(C)Nc3nc(-c4ccco4)nn32)cc1. The highest BCUT2D eigenvalue weighted by Gasteiger charge is 2.33. The van der Waals surface area contributed by atoms with Gasteiger partial charge >= 0.3 is 0 Å². The van der Waals surface area contributed by atoms with Gasteiger partial charge in [-0.1, -0.05) is 12.1 Å². The fourth-order valence-electron chi connectivity index (χ4n) is 3.07. The van der Waals surface area contributed by atoms with Gasteiger partial charge in [0.05, 0.1) is 18.9 Å². The molecule has 2 aromatic heterocycles. The number of nitrogens with two attached hydrogens (primary N) is 1. The van der Waals surface area contributed by atoms with E-state index in [1.807, 2.05) is 24.3 Å². The molecule has 3 N–H and O–H groups in total. The van der Waals surface area contributed by atoms with E-state index in [-0.39, 0.29) is 0 Å². The van der Waals surface area contributed by atoms with Crippen LogP contribution in [0.1, 0.15) is 18.5 Å². The zero-order chi connectivity index (χ0) is 18.3. The molecule has 0 fully saturated rings. The van der Waals surface area contributed by atoms with Gasteiger partial charge < -0.3 is 20.2 Å². The van der Waals surface area contributed by atoms with Crippen LogP contribution in [0.25, 0.3) is 11.6 Å². The number of anilines is 1. The molecule has 0 aliphatic carbocycles. The number of rotatable bonds is 4. The van der Waals surface area contributed by atoms with Gasteiger partial charge in [0.1, 0.15) is 11.8 Å². The maximum absolute atomic E-state index is 12.1. The van der Waals surface area contributed by atoms with Crippen molar-refractivity contribution in [1.82, 2.24) is 14.8 Å². The highest BCUT2D eigenvalue weighted by molar-refractivity contribution is 5.95. The van der Waals surface area contributed by atoms with Gasteiger partial charge in [0.2, 0.25) is 17.7 Å². The van der Waals surface area contributed by atoms with Gasteiger partial charge in [0.15, 0.2) is 5.76 Å². The van der Waals surface area contributed by atoms with E-state index < -0.39 is 11.9 Å². The van der Waals surface area contributed by atoms with Crippen molar-refractivity contribution in [2.24, 2.45) is 5.73 Å². The topological polar surface area (TPSA) is 108 Å². The number of methoxy groups -OCH3 is 1. The highest BCUT2D eigenvalue weighted by atomic mass is 16.5. The number of amides is 1. The molecule has 1 amide bonds. The van der Waals surface area contributed by atoms with Crippen LogP contribution >= 0.6 is 0 Å². The molecule has 26 heavy (non-hydrogen) atoms. The third-order valence-electron chi connectivity index (χ3n) is 4.29. The number of fused-ring (bicyclic) bond motifs is 1. The Morgan fingerprint density at radius 1 is 1.31 bits per heavy atom. The first-order valence-electron chi connectivity index (χ1n) is 8.00. The lowest BCUT2D eigenvalue weighted by atomic mass is 9.95. The number of allylic oxidation sites excluding steroid dienone is 1. The molecule has 3 heterocycles. The third-order valence-corrected chi connectivity index (χ3v) is 4.29. The average molecular weight is 351 g/mol. The minimum Gasteiger partial charge on any atom is -0.497 e. The predicted molar refractivity (Wildman–Crippen MR) is 94.4 cm³/mol. The van der Waals surface area contributed by atoms with E-state index in [1.54, 1.807) is 37.1 Å². The van der Waals surface area contributed by atoms with E-state index in [0.717, 1.165) is 11.3 Å². The number of benzene rings is 1. The number of nitrogens with one attached hydrogen (secondary N) is 1. The maximum atomic E-state index is 12.1. The minimum atomic E-state index is -0.517. The molecule has 0 spiro atoms. The summed E-state index contributed by atoms with van der Waals surface area (Å²) in [6.45, 7) is 1.79. The monoisotopic (exact) mass is 351 g/mol. The lowest BCUT2D eigenvalue weighted by Gasteiger charge is -2.27. The number of nitrogens with zero attached hydrogens (tertiary/aromatic N) is 3. The van der Waals surface area contributed by atoms with Gasteiger partial charge in [0, 0.05) is 5.70 Å². The zero-order valence-corrected chi connectivity index (χ0v) is 14.3. The standard InChI is InChI=1S/C18H17N5O3/c1-10-14(16(19)24)15(11-5-7-12(25-2)8-6-11)23-18(20-10)21-17(22-23)13-4-3-9-26-13/h3-9,15H,1-2H3,(H2,19,24)(H,20,21,22). The van der Waals surface area contributed by atoms with Gasteiger partial charge in [-0.3, -0.25) is 4.79 Å². The summed E-state index contributed by atoms with van der Waals surface area (Å²) >= 11 is 0. The summed E-state index contributed by atoms with van der Waals surface area (Å²) in [6.07, 6.45) is 1.56. The first-order chi connectivity index (χ1) is 12.6. The van der Waals surface area contributed by atoms with Gasteiger partial charge in [0.25, 0.3) is 0 Å². The predicted octanol–water partition coefficient (Wildman–Crippen LogP) is 2.32. The van der Waals surface area contributed by atoms with Crippen molar-refractivity contribution in [3.8, 4) is 17.3 Å². The van der Waals surface area contributed by atoms with Gasteiger partial charge in [-0.15, -0.1) is 5.10 Å². The lowest BCUT2D eigenvalue weighted by Crippen LogP contribution is -2.31. The van der Waals surface area contributed by atoms with Crippen molar-refractivity contribution < 1.29 is 13.9 Å². The second-order valence-electron chi connectivity index (χ2n) is 5.88. The van der Waals surface area contributed by atoms with Gasteiger partial charge in [-0.25, -0.2) is 4.68 Å². The second kappa shape index (κ2) is 6.07. The number of primary amides is 1. The van der Waals surface area contributed by atoms with Crippen LogP contribution in [-0.2, 0) is 4.79 Å². The molecule has 1 unspecified atom stereocenters. The number of carbonyl (C=O) groups excluding carboxylic acids is 1. The summed E-state index contributed by atoms with van der Waals surface area (Å²) in [5.41, 5.74) is 7.58. The molecule has 8 nitrogen and oxygen atoms in total. The van der Waals surface area contributed by atoms with Crippen LogP contribution in [0.3, 0.4) is 0 Å². The Labute approximate surface area is 149 Å². The molecule has 132 valence electrons. The van der Waals surface area contributed by atoms with Crippen molar-refractivity contribution >= 4 is 11.9 Å². The molecule has 0 saturated heterocycles. The van der Waals surface area contributed by atoms with Crippen LogP contribution < -0.4 is 15.8 Å². The zero-order valence-electron chi connectivity index (χ0n) is 14.3. The quantitative estimate of drug-likeness (QED) is 0.747. The van der Waals surface area contributed by atoms with Gasteiger partial charge in [-0.2, -0.15) is 4.98 Å². The van der Waals surface area contributed by atoms with E-state index in [1.165, 1.54) is 0 Å². The molecule has 1 atom stereocenters. The fourth-order valence-corrected chi connectivity index (χ4v) is 3.07. The fraction of sp³-hybridized carbons (Fsp3) is 0.167. The molecule has 0 saturated carbocycles. The van der Waals surface area contributed by atoms with Crippen molar-refractivity contribution in [3.05, 3.63) is 59.5 Å². The highest BCUT2D eigenvalue weighted by Crippen LogP contribution is 2.36. The number of ether oxygens (including phenoxy) is 1. The summed E-state index contributed by atoms with van der Waals surface area (Å²) in [5.74, 6) is 1.69. The summed E-state index contributed by atoms with van der Waals surface area (Å²) in [7, 11) is 1.60. The molecule has 1 aliphatic rings. The molecule has 1 aliphatic heterocycles. The molecule has 0 bridgehead atoms. The Bertz CT molecular complexity index is 987. The minimum absolute atomic E-state index is 0.425. The van der Waals surface area contributed by atoms with Crippen molar-refractivity contribution in [3.63, 3.8) is 0 Å². The smallest absolute Gasteiger partial charge is 0.248 e. The van der Waals surface area contributed by atoms with Crippen LogP contribution in [0.4, 0.5) is 5.95 Å². The molecular formula is C18H17N5O3. The molecule has 1 aromatic carbocycles. The number of hydrogen-bond acceptors (Lipinski definition) is 6. The van der Waals surface area contributed by atoms with E-state index in [9.17, 15) is 4.79 Å². The first-order valence-corrected chi connectivity index (χ1v) is 8.00. The summed E-state index contributed by atoms with van der Waals surface area (Å²) in [5, 5.41) is 7.63. The van der Waals surface area contributed by atoms with Crippen LogP contribution in [-0.4, -0.2) is 27.8 Å². The van der Waals surface area contributed by atoms with Crippen LogP contribution in [0.15, 0.2) is 58.3 Å². The Hall–Kier alpha value is -3.55. The number of hydrogen-bond donors (Lipinski definition) is 2. The number of furan rings is 1. The Balaban J connectivity index is 1.86. The van der Waals surface area contributed by atoms with Crippen LogP contribution in [0.5, 0.6) is 5.75 Å². The van der Waals surface area contributed by atoms with E-state index in [0.29, 0.717) is 28.8 Å². The lowest BCUT2D eigenvalue weighted by molar-refractivity contribution is -0.115. The van der Waals surface area contributed by atoms with Crippen LogP contribution in [0.2, 0.25) is 0 Å². The van der Waals surface area contributed by atoms with E-state index in [2.05, 4.69) is 15.4 Å². The Morgan fingerprint density at radius 3 is 2.69 bits per heavy atom.